The van der Waals surface area contributed by atoms with Crippen LogP contribution in [0.1, 0.15) is 12.5 Å². The number of carbonyl (C=O) groups excluding carboxylic acids is 2. The summed E-state index contributed by atoms with van der Waals surface area (Å²) in [4.78, 5) is 25.6. The molecule has 37 heavy (non-hydrogen) atoms. The number of allylic oxidation sites excluding steroid dienone is 3. The lowest BCUT2D eigenvalue weighted by molar-refractivity contribution is -0.116. The lowest BCUT2D eigenvalue weighted by Gasteiger charge is -2.17. The molecule has 0 saturated carbocycles. The van der Waals surface area contributed by atoms with Crippen LogP contribution in [0.2, 0.25) is 0 Å². The summed E-state index contributed by atoms with van der Waals surface area (Å²) >= 11 is 0. The van der Waals surface area contributed by atoms with Crippen molar-refractivity contribution >= 4 is 71.0 Å². The summed E-state index contributed by atoms with van der Waals surface area (Å²) in [6, 6.07) is 32.2. The van der Waals surface area contributed by atoms with Gasteiger partial charge >= 0.3 is 0 Å². The van der Waals surface area contributed by atoms with Crippen molar-refractivity contribution in [3.05, 3.63) is 114 Å². The average Bonchev–Trinajstić information content (AvgIpc) is 2.91. The quantitative estimate of drug-likeness (QED) is 0.144. The Labute approximate surface area is 213 Å². The molecular formula is C34H22O3. The Balaban J connectivity index is 1.46. The first-order chi connectivity index (χ1) is 18.0. The van der Waals surface area contributed by atoms with E-state index in [2.05, 4.69) is 72.8 Å². The van der Waals surface area contributed by atoms with Crippen molar-refractivity contribution in [3.8, 4) is 0 Å². The van der Waals surface area contributed by atoms with Gasteiger partial charge in [-0.15, -0.1) is 0 Å². The van der Waals surface area contributed by atoms with Gasteiger partial charge in [-0.1, -0.05) is 48.5 Å². The van der Waals surface area contributed by atoms with Crippen molar-refractivity contribution in [1.29, 1.82) is 0 Å². The van der Waals surface area contributed by atoms with Crippen molar-refractivity contribution in [3.63, 3.8) is 0 Å². The van der Waals surface area contributed by atoms with E-state index in [0.717, 1.165) is 27.1 Å². The molecule has 0 spiro atoms. The summed E-state index contributed by atoms with van der Waals surface area (Å²) in [5, 5.41) is 11.7. The van der Waals surface area contributed by atoms with Crippen LogP contribution < -0.4 is 0 Å². The first-order valence-electron chi connectivity index (χ1n) is 12.3. The highest BCUT2D eigenvalue weighted by atomic mass is 16.5. The first-order valence-corrected chi connectivity index (χ1v) is 12.3. The maximum Gasteiger partial charge on any atom is 0.228 e. The minimum absolute atomic E-state index is 0.0783. The third kappa shape index (κ3) is 3.28. The van der Waals surface area contributed by atoms with E-state index in [1.165, 1.54) is 45.5 Å². The van der Waals surface area contributed by atoms with E-state index in [9.17, 15) is 9.59 Å². The van der Waals surface area contributed by atoms with Gasteiger partial charge in [-0.2, -0.15) is 0 Å². The highest BCUT2D eigenvalue weighted by Gasteiger charge is 2.28. The molecule has 0 unspecified atom stereocenters. The fraction of sp³-hybridized carbons (Fsp3) is 0.0588. The van der Waals surface area contributed by atoms with E-state index in [1.54, 1.807) is 6.92 Å². The molecular weight excluding hydrogens is 456 g/mol. The lowest BCUT2D eigenvalue weighted by atomic mass is 9.88. The van der Waals surface area contributed by atoms with Gasteiger partial charge in [0.1, 0.15) is 0 Å². The number of carbonyl (C=O) groups is 2. The standard InChI is InChI=1S/C34H22O3/c1-19-31(35)18-32(37-2)34(36)33(19)25-10-7-22-11-23-8-9-24-14-26-12-20-5-3-4-6-21(20)13-28(26)17-30(24)29(23)16-27(22)15-25/h3-18H,1-2H3. The largest absolute Gasteiger partial charge is 0.492 e. The summed E-state index contributed by atoms with van der Waals surface area (Å²) < 4.78 is 5.19. The van der Waals surface area contributed by atoms with Crippen LogP contribution in [-0.4, -0.2) is 18.7 Å². The number of ketones is 2. The second kappa shape index (κ2) is 7.87. The topological polar surface area (TPSA) is 43.4 Å². The molecule has 0 aromatic heterocycles. The molecule has 6 aromatic rings. The molecule has 176 valence electrons. The van der Waals surface area contributed by atoms with Crippen LogP contribution >= 0.6 is 0 Å². The summed E-state index contributed by atoms with van der Waals surface area (Å²) in [6.45, 7) is 1.70. The number of benzene rings is 6. The summed E-state index contributed by atoms with van der Waals surface area (Å²) in [5.41, 5.74) is 1.57. The molecule has 0 atom stereocenters. The van der Waals surface area contributed by atoms with Gasteiger partial charge in [0.05, 0.1) is 7.11 Å². The van der Waals surface area contributed by atoms with E-state index in [0.29, 0.717) is 11.1 Å². The zero-order chi connectivity index (χ0) is 25.3. The minimum atomic E-state index is -0.260. The van der Waals surface area contributed by atoms with Crippen molar-refractivity contribution in [1.82, 2.24) is 0 Å². The molecule has 3 nitrogen and oxygen atoms in total. The Kier molecular flexibility index (Phi) is 4.58. The van der Waals surface area contributed by atoms with Crippen molar-refractivity contribution < 1.29 is 14.3 Å². The number of hydrogen-bond acceptors (Lipinski definition) is 3. The third-order valence-electron chi connectivity index (χ3n) is 7.58. The highest BCUT2D eigenvalue weighted by Crippen LogP contribution is 2.35. The molecule has 0 saturated heterocycles. The Morgan fingerprint density at radius 1 is 0.568 bits per heavy atom. The van der Waals surface area contributed by atoms with Gasteiger partial charge in [0.25, 0.3) is 0 Å². The first kappa shape index (κ1) is 21.5. The predicted octanol–water partition coefficient (Wildman–Crippen LogP) is 7.91. The van der Waals surface area contributed by atoms with E-state index in [-0.39, 0.29) is 17.3 Å². The van der Waals surface area contributed by atoms with Gasteiger partial charge < -0.3 is 4.74 Å². The van der Waals surface area contributed by atoms with Crippen LogP contribution in [-0.2, 0) is 14.3 Å². The lowest BCUT2D eigenvalue weighted by Crippen LogP contribution is -2.18. The molecule has 6 aromatic carbocycles. The number of ether oxygens (including phenoxy) is 1. The zero-order valence-electron chi connectivity index (χ0n) is 20.5. The number of fused-ring (bicyclic) bond motifs is 6. The Bertz CT molecular complexity index is 2060. The molecule has 7 rings (SSSR count). The molecule has 0 fully saturated rings. The molecule has 0 aliphatic heterocycles. The molecule has 0 heterocycles. The normalized spacial score (nSPS) is 14.4. The van der Waals surface area contributed by atoms with Gasteiger partial charge in [-0.25, -0.2) is 0 Å². The SMILES string of the molecule is COC1=CC(=O)C(C)=C(c2ccc3cc4ccc5cc6cc7ccccc7cc6cc5c4cc3c2)C1=O. The average molecular weight is 479 g/mol. The van der Waals surface area contributed by atoms with Gasteiger partial charge in [0, 0.05) is 17.2 Å². The summed E-state index contributed by atoms with van der Waals surface area (Å²) in [7, 11) is 1.42. The predicted molar refractivity (Wildman–Crippen MR) is 152 cm³/mol. The van der Waals surface area contributed by atoms with Gasteiger partial charge in [-0.3, -0.25) is 9.59 Å². The molecule has 1 aliphatic carbocycles. The monoisotopic (exact) mass is 478 g/mol. The fourth-order valence-corrected chi connectivity index (χ4v) is 5.61. The van der Waals surface area contributed by atoms with Crippen molar-refractivity contribution in [2.75, 3.05) is 7.11 Å². The second-order valence-corrected chi connectivity index (χ2v) is 9.73. The van der Waals surface area contributed by atoms with Gasteiger partial charge in [-0.05, 0) is 109 Å². The number of hydrogen-bond donors (Lipinski definition) is 0. The maximum absolute atomic E-state index is 13.1. The van der Waals surface area contributed by atoms with E-state index in [1.807, 2.05) is 18.2 Å². The Hall–Kier alpha value is -4.76. The smallest absolute Gasteiger partial charge is 0.228 e. The summed E-state index contributed by atoms with van der Waals surface area (Å²) in [6.07, 6.45) is 1.27. The highest BCUT2D eigenvalue weighted by molar-refractivity contribution is 6.37. The zero-order valence-corrected chi connectivity index (χ0v) is 20.5. The molecule has 0 amide bonds. The van der Waals surface area contributed by atoms with Crippen LogP contribution in [0.15, 0.2) is 108 Å². The molecule has 3 heteroatoms. The number of rotatable bonds is 2. The van der Waals surface area contributed by atoms with Crippen LogP contribution in [0.5, 0.6) is 0 Å². The van der Waals surface area contributed by atoms with E-state index < -0.39 is 0 Å². The van der Waals surface area contributed by atoms with E-state index in [4.69, 9.17) is 4.74 Å². The molecule has 0 bridgehead atoms. The van der Waals surface area contributed by atoms with Crippen molar-refractivity contribution in [2.45, 2.75) is 6.92 Å². The third-order valence-corrected chi connectivity index (χ3v) is 7.58. The Morgan fingerprint density at radius 3 is 1.73 bits per heavy atom. The van der Waals surface area contributed by atoms with Crippen LogP contribution in [0, 0.1) is 0 Å². The summed E-state index contributed by atoms with van der Waals surface area (Å²) in [5.74, 6) is -0.381. The molecule has 0 N–H and O–H groups in total. The number of methoxy groups -OCH3 is 1. The van der Waals surface area contributed by atoms with E-state index >= 15 is 0 Å². The van der Waals surface area contributed by atoms with Gasteiger partial charge in [0.15, 0.2) is 11.5 Å². The number of Topliss-reactive ketones (excluding diaryl/α,β-unsaturated/α-hetero) is 1. The van der Waals surface area contributed by atoms with Crippen LogP contribution in [0.4, 0.5) is 0 Å². The minimum Gasteiger partial charge on any atom is -0.492 e. The molecule has 1 aliphatic rings. The second-order valence-electron chi connectivity index (χ2n) is 9.73. The fourth-order valence-electron chi connectivity index (χ4n) is 5.61. The van der Waals surface area contributed by atoms with Gasteiger partial charge in [0.2, 0.25) is 5.78 Å². The van der Waals surface area contributed by atoms with Crippen LogP contribution in [0.3, 0.4) is 0 Å². The van der Waals surface area contributed by atoms with Crippen LogP contribution in [0.25, 0.3) is 59.4 Å². The molecule has 0 radical (unpaired) electrons. The van der Waals surface area contributed by atoms with Crippen molar-refractivity contribution in [2.24, 2.45) is 0 Å². The maximum atomic E-state index is 13.1. The Morgan fingerprint density at radius 2 is 1.08 bits per heavy atom.